The summed E-state index contributed by atoms with van der Waals surface area (Å²) in [5.41, 5.74) is 3.59. The van der Waals surface area contributed by atoms with Crippen molar-refractivity contribution in [1.82, 2.24) is 4.57 Å². The molecule has 1 heterocycles. The van der Waals surface area contributed by atoms with Crippen LogP contribution in [0.15, 0.2) is 42.7 Å². The number of rotatable bonds is 1. The zero-order chi connectivity index (χ0) is 10.3. The predicted octanol–water partition coefficient (Wildman–Crippen LogP) is 2.46. The molecule has 0 spiro atoms. The third-order valence-corrected chi connectivity index (χ3v) is 3.10. The zero-order valence-corrected chi connectivity index (χ0v) is 8.43. The Hall–Kier alpha value is -1.54. The third-order valence-electron chi connectivity index (χ3n) is 3.10. The molecule has 0 saturated heterocycles. The smallest absolute Gasteiger partial charge is 0.0796 e. The van der Waals surface area contributed by atoms with Gasteiger partial charge in [0.15, 0.2) is 0 Å². The minimum absolute atomic E-state index is 0.268. The Morgan fingerprint density at radius 2 is 1.93 bits per heavy atom. The van der Waals surface area contributed by atoms with Gasteiger partial charge in [-0.1, -0.05) is 12.1 Å². The highest BCUT2D eigenvalue weighted by molar-refractivity contribution is 5.49. The predicted molar refractivity (Wildman–Crippen MR) is 59.0 cm³/mol. The first-order chi connectivity index (χ1) is 7.36. The van der Waals surface area contributed by atoms with Gasteiger partial charge in [-0.15, -0.1) is 0 Å². The lowest BCUT2D eigenvalue weighted by Crippen LogP contribution is -1.97. The molecule has 0 aliphatic heterocycles. The van der Waals surface area contributed by atoms with Crippen LogP contribution in [0, 0.1) is 0 Å². The van der Waals surface area contributed by atoms with E-state index in [0.717, 1.165) is 18.4 Å². The van der Waals surface area contributed by atoms with Crippen LogP contribution in [0.1, 0.15) is 23.7 Å². The largest absolute Gasteiger partial charge is 0.388 e. The van der Waals surface area contributed by atoms with Crippen molar-refractivity contribution in [2.75, 3.05) is 0 Å². The van der Waals surface area contributed by atoms with E-state index in [0.29, 0.717) is 0 Å². The van der Waals surface area contributed by atoms with Gasteiger partial charge in [-0.2, -0.15) is 0 Å². The highest BCUT2D eigenvalue weighted by atomic mass is 16.3. The highest BCUT2D eigenvalue weighted by Gasteiger charge is 2.22. The molecule has 0 radical (unpaired) electrons. The summed E-state index contributed by atoms with van der Waals surface area (Å²) < 4.78 is 2.11. The molecule has 0 fully saturated rings. The van der Waals surface area contributed by atoms with Crippen molar-refractivity contribution in [3.63, 3.8) is 0 Å². The summed E-state index contributed by atoms with van der Waals surface area (Å²) in [5.74, 6) is 0. The van der Waals surface area contributed by atoms with E-state index >= 15 is 0 Å². The first-order valence-corrected chi connectivity index (χ1v) is 5.29. The quantitative estimate of drug-likeness (QED) is 0.749. The van der Waals surface area contributed by atoms with Gasteiger partial charge in [0.05, 0.1) is 6.10 Å². The molecule has 1 aromatic heterocycles. The Labute approximate surface area is 88.8 Å². The lowest BCUT2D eigenvalue weighted by molar-refractivity contribution is 0.180. The van der Waals surface area contributed by atoms with Crippen LogP contribution < -0.4 is 0 Å². The number of benzene rings is 1. The van der Waals surface area contributed by atoms with Crippen LogP contribution in [0.5, 0.6) is 0 Å². The van der Waals surface area contributed by atoms with E-state index in [1.807, 2.05) is 36.7 Å². The molecule has 3 rings (SSSR count). The Morgan fingerprint density at radius 1 is 1.13 bits per heavy atom. The van der Waals surface area contributed by atoms with Crippen LogP contribution in [-0.4, -0.2) is 9.67 Å². The standard InChI is InChI=1S/C13H13NO/c15-13-7-6-10-11(13)4-3-5-12(10)14-8-1-2-9-14/h1-5,8-9,13,15H,6-7H2. The van der Waals surface area contributed by atoms with E-state index in [1.165, 1.54) is 11.3 Å². The second kappa shape index (κ2) is 3.24. The first-order valence-electron chi connectivity index (χ1n) is 5.29. The molecule has 76 valence electrons. The SMILES string of the molecule is OC1CCc2c1cccc2-n1cccc1. The second-order valence-corrected chi connectivity index (χ2v) is 3.99. The molecule has 0 bridgehead atoms. The number of nitrogens with zero attached hydrogens (tertiary/aromatic N) is 1. The van der Waals surface area contributed by atoms with Gasteiger partial charge < -0.3 is 9.67 Å². The molecular weight excluding hydrogens is 186 g/mol. The number of aliphatic hydroxyl groups excluding tert-OH is 1. The summed E-state index contributed by atoms with van der Waals surface area (Å²) in [7, 11) is 0. The molecule has 1 aromatic carbocycles. The van der Waals surface area contributed by atoms with Gasteiger partial charge in [-0.25, -0.2) is 0 Å². The van der Waals surface area contributed by atoms with E-state index in [4.69, 9.17) is 0 Å². The van der Waals surface area contributed by atoms with E-state index in [1.54, 1.807) is 0 Å². The molecule has 1 aliphatic carbocycles. The fourth-order valence-electron chi connectivity index (χ4n) is 2.35. The summed E-state index contributed by atoms with van der Waals surface area (Å²) >= 11 is 0. The number of fused-ring (bicyclic) bond motifs is 1. The van der Waals surface area contributed by atoms with Crippen LogP contribution in [0.2, 0.25) is 0 Å². The van der Waals surface area contributed by atoms with E-state index in [9.17, 15) is 5.11 Å². The summed E-state index contributed by atoms with van der Waals surface area (Å²) in [6.45, 7) is 0. The van der Waals surface area contributed by atoms with E-state index in [2.05, 4.69) is 10.6 Å². The Morgan fingerprint density at radius 3 is 2.73 bits per heavy atom. The van der Waals surface area contributed by atoms with Gasteiger partial charge in [-0.05, 0) is 42.2 Å². The molecular formula is C13H13NO. The highest BCUT2D eigenvalue weighted by Crippen LogP contribution is 2.34. The molecule has 2 nitrogen and oxygen atoms in total. The average Bonchev–Trinajstić information content (AvgIpc) is 2.88. The van der Waals surface area contributed by atoms with Crippen molar-refractivity contribution in [2.24, 2.45) is 0 Å². The lowest BCUT2D eigenvalue weighted by Gasteiger charge is -2.10. The van der Waals surface area contributed by atoms with Gasteiger partial charge in [0.25, 0.3) is 0 Å². The molecule has 0 amide bonds. The summed E-state index contributed by atoms with van der Waals surface area (Å²) in [4.78, 5) is 0. The number of aromatic nitrogens is 1. The zero-order valence-electron chi connectivity index (χ0n) is 8.43. The van der Waals surface area contributed by atoms with Gasteiger partial charge in [-0.3, -0.25) is 0 Å². The topological polar surface area (TPSA) is 25.2 Å². The van der Waals surface area contributed by atoms with E-state index < -0.39 is 0 Å². The minimum atomic E-state index is -0.268. The van der Waals surface area contributed by atoms with Crippen LogP contribution in [0.25, 0.3) is 5.69 Å². The summed E-state index contributed by atoms with van der Waals surface area (Å²) in [5, 5.41) is 9.79. The van der Waals surface area contributed by atoms with Crippen LogP contribution in [-0.2, 0) is 6.42 Å². The van der Waals surface area contributed by atoms with Crippen molar-refractivity contribution in [1.29, 1.82) is 0 Å². The molecule has 1 N–H and O–H groups in total. The monoisotopic (exact) mass is 199 g/mol. The maximum Gasteiger partial charge on any atom is 0.0796 e. The van der Waals surface area contributed by atoms with Gasteiger partial charge in [0.2, 0.25) is 0 Å². The lowest BCUT2D eigenvalue weighted by atomic mass is 10.1. The van der Waals surface area contributed by atoms with Crippen LogP contribution >= 0.6 is 0 Å². The number of hydrogen-bond donors (Lipinski definition) is 1. The number of aliphatic hydroxyl groups is 1. The molecule has 15 heavy (non-hydrogen) atoms. The van der Waals surface area contributed by atoms with Gasteiger partial charge in [0, 0.05) is 18.1 Å². The molecule has 1 unspecified atom stereocenters. The van der Waals surface area contributed by atoms with Gasteiger partial charge >= 0.3 is 0 Å². The Bertz CT molecular complexity index is 473. The van der Waals surface area contributed by atoms with E-state index in [-0.39, 0.29) is 6.10 Å². The van der Waals surface area contributed by atoms with Crippen molar-refractivity contribution in [3.05, 3.63) is 53.9 Å². The molecule has 1 aliphatic rings. The Kier molecular flexibility index (Phi) is 1.89. The summed E-state index contributed by atoms with van der Waals surface area (Å²) in [6, 6.07) is 10.2. The summed E-state index contributed by atoms with van der Waals surface area (Å²) in [6.07, 6.45) is 5.65. The normalized spacial score (nSPS) is 19.1. The number of hydrogen-bond acceptors (Lipinski definition) is 1. The van der Waals surface area contributed by atoms with Crippen LogP contribution in [0.4, 0.5) is 0 Å². The third kappa shape index (κ3) is 1.29. The van der Waals surface area contributed by atoms with Crippen molar-refractivity contribution < 1.29 is 5.11 Å². The minimum Gasteiger partial charge on any atom is -0.388 e. The maximum atomic E-state index is 9.79. The fraction of sp³-hybridized carbons (Fsp3) is 0.231. The van der Waals surface area contributed by atoms with Crippen molar-refractivity contribution >= 4 is 0 Å². The van der Waals surface area contributed by atoms with Gasteiger partial charge in [0.1, 0.15) is 0 Å². The molecule has 1 atom stereocenters. The molecule has 2 aromatic rings. The molecule has 0 saturated carbocycles. The van der Waals surface area contributed by atoms with Crippen molar-refractivity contribution in [3.8, 4) is 5.69 Å². The van der Waals surface area contributed by atoms with Crippen LogP contribution in [0.3, 0.4) is 0 Å². The first kappa shape index (κ1) is 8.74. The average molecular weight is 199 g/mol. The maximum absolute atomic E-state index is 9.79. The second-order valence-electron chi connectivity index (χ2n) is 3.99. The fourth-order valence-corrected chi connectivity index (χ4v) is 2.35. The van der Waals surface area contributed by atoms with Crippen molar-refractivity contribution in [2.45, 2.75) is 18.9 Å². The molecule has 2 heteroatoms. The Balaban J connectivity index is 2.18.